The number of aliphatic hydroxyl groups is 1. The van der Waals surface area contributed by atoms with Crippen LogP contribution in [0.3, 0.4) is 0 Å². The summed E-state index contributed by atoms with van der Waals surface area (Å²) in [6.07, 6.45) is 0.696. The molecule has 6 nitrogen and oxygen atoms in total. The summed E-state index contributed by atoms with van der Waals surface area (Å²) >= 11 is 0. The molecule has 1 amide bonds. The minimum absolute atomic E-state index is 0.0955. The highest BCUT2D eigenvalue weighted by Crippen LogP contribution is 2.40. The molecule has 0 aliphatic carbocycles. The summed E-state index contributed by atoms with van der Waals surface area (Å²) in [4.78, 5) is 27.1. The van der Waals surface area contributed by atoms with E-state index in [-0.39, 0.29) is 11.3 Å². The number of aliphatic hydroxyl groups excluding tert-OH is 1. The van der Waals surface area contributed by atoms with Crippen LogP contribution in [0.4, 0.5) is 0 Å². The molecule has 1 saturated heterocycles. The minimum atomic E-state index is -0.676. The highest BCUT2D eigenvalue weighted by atomic mass is 16.5. The normalized spacial score (nSPS) is 18.2. The molecule has 1 aliphatic rings. The Hall–Kier alpha value is -3.28. The van der Waals surface area contributed by atoms with Gasteiger partial charge >= 0.3 is 0 Å². The third-order valence-electron chi connectivity index (χ3n) is 5.10. The number of ether oxygens (including phenoxy) is 2. The molecule has 0 aromatic heterocycles. The molecular weight excluding hydrogens is 370 g/mol. The van der Waals surface area contributed by atoms with E-state index in [1.165, 1.54) is 4.90 Å². The molecule has 3 rings (SSSR count). The van der Waals surface area contributed by atoms with E-state index in [9.17, 15) is 14.7 Å². The number of likely N-dealkylation sites (tertiary alicyclic amines) is 1. The van der Waals surface area contributed by atoms with E-state index in [4.69, 9.17) is 9.47 Å². The summed E-state index contributed by atoms with van der Waals surface area (Å²) < 4.78 is 10.5. The Labute approximate surface area is 170 Å². The Balaban J connectivity index is 2.16. The fraction of sp³-hybridized carbons (Fsp3) is 0.304. The molecule has 1 aliphatic heterocycles. The predicted octanol–water partition coefficient (Wildman–Crippen LogP) is 3.84. The number of nitrogens with zero attached hydrogens (tertiary/aromatic N) is 1. The number of hydrogen-bond donors (Lipinski definition) is 1. The lowest BCUT2D eigenvalue weighted by atomic mass is 9.94. The first-order valence-corrected chi connectivity index (χ1v) is 9.50. The summed E-state index contributed by atoms with van der Waals surface area (Å²) in [6, 6.07) is 11.7. The van der Waals surface area contributed by atoms with Crippen molar-refractivity contribution in [1.29, 1.82) is 0 Å². The average Bonchev–Trinajstić information content (AvgIpc) is 2.98. The van der Waals surface area contributed by atoms with Gasteiger partial charge in [0.25, 0.3) is 11.7 Å². The van der Waals surface area contributed by atoms with Gasteiger partial charge in [-0.3, -0.25) is 9.59 Å². The maximum Gasteiger partial charge on any atom is 0.295 e. The lowest BCUT2D eigenvalue weighted by Gasteiger charge is -2.25. The molecule has 1 fully saturated rings. The van der Waals surface area contributed by atoms with Crippen LogP contribution in [0.15, 0.2) is 48.0 Å². The van der Waals surface area contributed by atoms with Crippen molar-refractivity contribution in [2.45, 2.75) is 26.3 Å². The van der Waals surface area contributed by atoms with Gasteiger partial charge in [-0.25, -0.2) is 0 Å². The highest BCUT2D eigenvalue weighted by Gasteiger charge is 2.45. The maximum atomic E-state index is 12.9. The Morgan fingerprint density at radius 1 is 1.07 bits per heavy atom. The van der Waals surface area contributed by atoms with Gasteiger partial charge in [0.1, 0.15) is 17.3 Å². The quantitative estimate of drug-likeness (QED) is 0.457. The molecule has 0 saturated carbocycles. The molecule has 0 bridgehead atoms. The summed E-state index contributed by atoms with van der Waals surface area (Å²) in [5.41, 5.74) is 2.13. The van der Waals surface area contributed by atoms with Gasteiger partial charge in [0, 0.05) is 12.1 Å². The Morgan fingerprint density at radius 3 is 2.31 bits per heavy atom. The SMILES string of the molecule is CCCN1C(=O)C(=O)/C(=C(\O)c2ccc(OC)c(C)c2)C1c1ccc(OC)cc1. The van der Waals surface area contributed by atoms with Crippen LogP contribution >= 0.6 is 0 Å². The van der Waals surface area contributed by atoms with E-state index < -0.39 is 17.7 Å². The smallest absolute Gasteiger partial charge is 0.295 e. The number of Topliss-reactive ketones (excluding diaryl/α,β-unsaturated/α-hetero) is 1. The number of aryl methyl sites for hydroxylation is 1. The van der Waals surface area contributed by atoms with Crippen LogP contribution in [-0.2, 0) is 9.59 Å². The molecule has 1 N–H and O–H groups in total. The number of hydrogen-bond acceptors (Lipinski definition) is 5. The summed E-state index contributed by atoms with van der Waals surface area (Å²) in [5, 5.41) is 11.0. The minimum Gasteiger partial charge on any atom is -0.507 e. The molecule has 0 radical (unpaired) electrons. The van der Waals surface area contributed by atoms with Crippen molar-refractivity contribution in [3.05, 3.63) is 64.7 Å². The first kappa shape index (κ1) is 20.5. The zero-order valence-electron chi connectivity index (χ0n) is 17.1. The van der Waals surface area contributed by atoms with Gasteiger partial charge in [-0.2, -0.15) is 0 Å². The van der Waals surface area contributed by atoms with Gasteiger partial charge in [0.15, 0.2) is 0 Å². The second-order valence-corrected chi connectivity index (χ2v) is 6.95. The van der Waals surface area contributed by atoms with Crippen LogP contribution in [0.1, 0.15) is 36.1 Å². The van der Waals surface area contributed by atoms with Crippen molar-refractivity contribution in [1.82, 2.24) is 4.90 Å². The van der Waals surface area contributed by atoms with Crippen LogP contribution in [0, 0.1) is 6.92 Å². The van der Waals surface area contributed by atoms with Crippen molar-refractivity contribution >= 4 is 17.4 Å². The van der Waals surface area contributed by atoms with Crippen molar-refractivity contribution in [2.24, 2.45) is 0 Å². The molecule has 29 heavy (non-hydrogen) atoms. The Morgan fingerprint density at radius 2 is 1.76 bits per heavy atom. The number of carbonyl (C=O) groups excluding carboxylic acids is 2. The predicted molar refractivity (Wildman–Crippen MR) is 110 cm³/mol. The zero-order chi connectivity index (χ0) is 21.1. The number of benzene rings is 2. The zero-order valence-corrected chi connectivity index (χ0v) is 17.1. The van der Waals surface area contributed by atoms with E-state index in [1.54, 1.807) is 44.6 Å². The third-order valence-corrected chi connectivity index (χ3v) is 5.10. The molecule has 0 spiro atoms. The van der Waals surface area contributed by atoms with E-state index in [2.05, 4.69) is 0 Å². The van der Waals surface area contributed by atoms with Crippen molar-refractivity contribution in [2.75, 3.05) is 20.8 Å². The second-order valence-electron chi connectivity index (χ2n) is 6.95. The molecule has 2 aromatic carbocycles. The van der Waals surface area contributed by atoms with E-state index in [0.29, 0.717) is 30.0 Å². The van der Waals surface area contributed by atoms with Gasteiger partial charge in [-0.05, 0) is 54.8 Å². The third kappa shape index (κ3) is 3.70. The Bertz CT molecular complexity index is 962. The van der Waals surface area contributed by atoms with Crippen molar-refractivity contribution in [3.8, 4) is 11.5 Å². The lowest BCUT2D eigenvalue weighted by molar-refractivity contribution is -0.139. The molecular formula is C23H25NO5. The number of ketones is 1. The highest BCUT2D eigenvalue weighted by molar-refractivity contribution is 6.46. The topological polar surface area (TPSA) is 76.1 Å². The van der Waals surface area contributed by atoms with Gasteiger partial charge in [0.05, 0.1) is 25.8 Å². The fourth-order valence-electron chi connectivity index (χ4n) is 3.67. The standard InChI is InChI=1S/C23H25NO5/c1-5-12-24-20(15-6-9-17(28-3)10-7-15)19(22(26)23(24)27)21(25)16-8-11-18(29-4)14(2)13-16/h6-11,13,20,25H,5,12H2,1-4H3/b21-19-. The van der Waals surface area contributed by atoms with E-state index in [0.717, 1.165) is 11.1 Å². The monoisotopic (exact) mass is 395 g/mol. The molecule has 2 aromatic rings. The van der Waals surface area contributed by atoms with Crippen LogP contribution < -0.4 is 9.47 Å². The fourth-order valence-corrected chi connectivity index (χ4v) is 3.67. The number of rotatable bonds is 6. The summed E-state index contributed by atoms with van der Waals surface area (Å²) in [6.45, 7) is 4.21. The molecule has 152 valence electrons. The van der Waals surface area contributed by atoms with Crippen molar-refractivity contribution in [3.63, 3.8) is 0 Å². The van der Waals surface area contributed by atoms with Gasteiger partial charge in [-0.15, -0.1) is 0 Å². The van der Waals surface area contributed by atoms with Crippen LogP contribution in [0.25, 0.3) is 5.76 Å². The van der Waals surface area contributed by atoms with Gasteiger partial charge in [0.2, 0.25) is 0 Å². The van der Waals surface area contributed by atoms with Crippen molar-refractivity contribution < 1.29 is 24.2 Å². The Kier molecular flexibility index (Phi) is 5.92. The van der Waals surface area contributed by atoms with E-state index in [1.807, 2.05) is 26.0 Å². The summed E-state index contributed by atoms with van der Waals surface area (Å²) in [7, 11) is 3.14. The lowest BCUT2D eigenvalue weighted by Crippen LogP contribution is -2.30. The first-order valence-electron chi connectivity index (χ1n) is 9.50. The molecule has 1 atom stereocenters. The molecule has 1 unspecified atom stereocenters. The number of amides is 1. The van der Waals surface area contributed by atoms with Crippen LogP contribution in [0.5, 0.6) is 11.5 Å². The summed E-state index contributed by atoms with van der Waals surface area (Å²) in [5.74, 6) is -0.107. The second kappa shape index (κ2) is 8.39. The van der Waals surface area contributed by atoms with Crippen LogP contribution in [-0.4, -0.2) is 42.5 Å². The van der Waals surface area contributed by atoms with E-state index >= 15 is 0 Å². The number of carbonyl (C=O) groups is 2. The van der Waals surface area contributed by atoms with Crippen LogP contribution in [0.2, 0.25) is 0 Å². The average molecular weight is 395 g/mol. The first-order chi connectivity index (χ1) is 13.9. The maximum absolute atomic E-state index is 12.9. The largest absolute Gasteiger partial charge is 0.507 e. The van der Waals surface area contributed by atoms with Gasteiger partial charge < -0.3 is 19.5 Å². The molecule has 6 heteroatoms. The number of methoxy groups -OCH3 is 2. The van der Waals surface area contributed by atoms with Gasteiger partial charge in [-0.1, -0.05) is 19.1 Å². The molecule has 1 heterocycles.